The van der Waals surface area contributed by atoms with Crippen LogP contribution < -0.4 is 10.6 Å². The van der Waals surface area contributed by atoms with Gasteiger partial charge in [0.2, 0.25) is 5.91 Å². The molecule has 1 aliphatic heterocycles. The first-order chi connectivity index (χ1) is 11.6. The van der Waals surface area contributed by atoms with E-state index in [1.165, 1.54) is 0 Å². The Kier molecular flexibility index (Phi) is 5.22. The Hall–Kier alpha value is -2.25. The molecule has 24 heavy (non-hydrogen) atoms. The predicted octanol–water partition coefficient (Wildman–Crippen LogP) is 0.879. The quantitative estimate of drug-likeness (QED) is 0.851. The zero-order valence-corrected chi connectivity index (χ0v) is 14.1. The predicted molar refractivity (Wildman–Crippen MR) is 89.9 cm³/mol. The van der Waals surface area contributed by atoms with E-state index in [0.29, 0.717) is 26.2 Å². The summed E-state index contributed by atoms with van der Waals surface area (Å²) in [5.74, 6) is 0.792. The van der Waals surface area contributed by atoms with Gasteiger partial charge in [0.1, 0.15) is 0 Å². The van der Waals surface area contributed by atoms with Crippen LogP contribution in [0.2, 0.25) is 0 Å². The molecule has 0 radical (unpaired) electrons. The molecule has 128 valence electrons. The zero-order valence-electron chi connectivity index (χ0n) is 14.1. The van der Waals surface area contributed by atoms with Crippen LogP contribution in [-0.2, 0) is 16.1 Å². The lowest BCUT2D eigenvalue weighted by molar-refractivity contribution is -0.122. The van der Waals surface area contributed by atoms with E-state index in [1.54, 1.807) is 6.20 Å². The van der Waals surface area contributed by atoms with Crippen LogP contribution in [0.3, 0.4) is 0 Å². The zero-order chi connectivity index (χ0) is 16.9. The number of carbonyl (C=O) groups excluding carboxylic acids is 1. The molecule has 1 aliphatic rings. The SMILES string of the molecule is Cc1cc(C)n(-c2ccc(CNC(=O)CC3COCCN3)cn2)n1. The van der Waals surface area contributed by atoms with Crippen LogP contribution in [0, 0.1) is 13.8 Å². The monoisotopic (exact) mass is 329 g/mol. The average Bonchev–Trinajstić information content (AvgIpc) is 2.93. The molecule has 7 nitrogen and oxygen atoms in total. The average molecular weight is 329 g/mol. The van der Waals surface area contributed by atoms with E-state index in [0.717, 1.165) is 29.3 Å². The summed E-state index contributed by atoms with van der Waals surface area (Å²) in [4.78, 5) is 16.4. The first kappa shape index (κ1) is 16.6. The fraction of sp³-hybridized carbons (Fsp3) is 0.471. The van der Waals surface area contributed by atoms with Crippen LogP contribution in [0.15, 0.2) is 24.4 Å². The van der Waals surface area contributed by atoms with Gasteiger partial charge in [-0.25, -0.2) is 9.67 Å². The summed E-state index contributed by atoms with van der Waals surface area (Å²) in [5, 5.41) is 10.6. The molecule has 1 fully saturated rings. The molecule has 1 unspecified atom stereocenters. The Bertz CT molecular complexity index is 690. The Labute approximate surface area is 141 Å². The number of pyridine rings is 1. The third-order valence-corrected chi connectivity index (χ3v) is 3.96. The van der Waals surface area contributed by atoms with E-state index in [1.807, 2.05) is 36.7 Å². The maximum atomic E-state index is 12.0. The largest absolute Gasteiger partial charge is 0.378 e. The third-order valence-electron chi connectivity index (χ3n) is 3.96. The Morgan fingerprint density at radius 2 is 2.33 bits per heavy atom. The molecular weight excluding hydrogens is 306 g/mol. The first-order valence-corrected chi connectivity index (χ1v) is 8.18. The van der Waals surface area contributed by atoms with E-state index >= 15 is 0 Å². The second kappa shape index (κ2) is 7.55. The second-order valence-electron chi connectivity index (χ2n) is 6.07. The summed E-state index contributed by atoms with van der Waals surface area (Å²) < 4.78 is 7.16. The molecule has 0 spiro atoms. The second-order valence-corrected chi connectivity index (χ2v) is 6.07. The summed E-state index contributed by atoms with van der Waals surface area (Å²) in [5.41, 5.74) is 2.97. The topological polar surface area (TPSA) is 81.1 Å². The number of amides is 1. The molecule has 2 aromatic heterocycles. The summed E-state index contributed by atoms with van der Waals surface area (Å²) in [6.45, 7) is 6.53. The number of aryl methyl sites for hydroxylation is 2. The normalized spacial score (nSPS) is 17.7. The minimum absolute atomic E-state index is 0.0145. The molecular formula is C17H23N5O2. The molecule has 0 bridgehead atoms. The van der Waals surface area contributed by atoms with Crippen LogP contribution in [-0.4, -0.2) is 46.5 Å². The van der Waals surface area contributed by atoms with Gasteiger partial charge in [0.15, 0.2) is 5.82 Å². The number of rotatable bonds is 5. The number of nitrogens with one attached hydrogen (secondary N) is 2. The van der Waals surface area contributed by atoms with Gasteiger partial charge in [0.05, 0.1) is 18.9 Å². The molecule has 2 N–H and O–H groups in total. The maximum Gasteiger partial charge on any atom is 0.221 e. The van der Waals surface area contributed by atoms with Crippen molar-refractivity contribution >= 4 is 5.91 Å². The lowest BCUT2D eigenvalue weighted by Gasteiger charge is -2.23. The van der Waals surface area contributed by atoms with Gasteiger partial charge in [-0.3, -0.25) is 4.79 Å². The van der Waals surface area contributed by atoms with Crippen molar-refractivity contribution in [3.63, 3.8) is 0 Å². The number of hydrogen-bond donors (Lipinski definition) is 2. The van der Waals surface area contributed by atoms with Crippen molar-refractivity contribution in [1.29, 1.82) is 0 Å². The summed E-state index contributed by atoms with van der Waals surface area (Å²) >= 11 is 0. The van der Waals surface area contributed by atoms with E-state index in [-0.39, 0.29) is 11.9 Å². The molecule has 0 aliphatic carbocycles. The molecule has 3 rings (SSSR count). The Morgan fingerprint density at radius 1 is 1.46 bits per heavy atom. The highest BCUT2D eigenvalue weighted by molar-refractivity contribution is 5.76. The van der Waals surface area contributed by atoms with Crippen molar-refractivity contribution in [3.05, 3.63) is 41.3 Å². The van der Waals surface area contributed by atoms with Gasteiger partial charge < -0.3 is 15.4 Å². The molecule has 3 heterocycles. The lowest BCUT2D eigenvalue weighted by atomic mass is 10.2. The Balaban J connectivity index is 1.52. The van der Waals surface area contributed by atoms with E-state index < -0.39 is 0 Å². The van der Waals surface area contributed by atoms with Gasteiger partial charge in [0, 0.05) is 37.4 Å². The third kappa shape index (κ3) is 4.18. The summed E-state index contributed by atoms with van der Waals surface area (Å²) in [7, 11) is 0. The van der Waals surface area contributed by atoms with Crippen molar-refractivity contribution in [2.75, 3.05) is 19.8 Å². The molecule has 1 amide bonds. The maximum absolute atomic E-state index is 12.0. The minimum Gasteiger partial charge on any atom is -0.378 e. The fourth-order valence-electron chi connectivity index (χ4n) is 2.75. The van der Waals surface area contributed by atoms with Crippen molar-refractivity contribution in [3.8, 4) is 5.82 Å². The number of ether oxygens (including phenoxy) is 1. The number of nitrogens with zero attached hydrogens (tertiary/aromatic N) is 3. The number of morpholine rings is 1. The first-order valence-electron chi connectivity index (χ1n) is 8.18. The van der Waals surface area contributed by atoms with E-state index in [4.69, 9.17) is 4.74 Å². The van der Waals surface area contributed by atoms with Crippen LogP contribution in [0.4, 0.5) is 0 Å². The van der Waals surface area contributed by atoms with Crippen molar-refractivity contribution in [2.24, 2.45) is 0 Å². The van der Waals surface area contributed by atoms with Gasteiger partial charge in [0.25, 0.3) is 0 Å². The molecule has 1 saturated heterocycles. The van der Waals surface area contributed by atoms with Gasteiger partial charge in [-0.05, 0) is 31.5 Å². The number of hydrogen-bond acceptors (Lipinski definition) is 5. The van der Waals surface area contributed by atoms with Gasteiger partial charge in [-0.1, -0.05) is 6.07 Å². The standard InChI is InChI=1S/C17H23N5O2/c1-12-7-13(2)22(21-12)16-4-3-14(9-19-16)10-20-17(23)8-15-11-24-6-5-18-15/h3-4,7,9,15,18H,5-6,8,10-11H2,1-2H3,(H,20,23). The highest BCUT2D eigenvalue weighted by Crippen LogP contribution is 2.10. The van der Waals surface area contributed by atoms with Crippen molar-refractivity contribution < 1.29 is 9.53 Å². The molecule has 0 aromatic carbocycles. The molecule has 0 saturated carbocycles. The van der Waals surface area contributed by atoms with Crippen LogP contribution in [0.25, 0.3) is 5.82 Å². The summed E-state index contributed by atoms with van der Waals surface area (Å²) in [6.07, 6.45) is 2.20. The molecule has 1 atom stereocenters. The molecule has 7 heteroatoms. The summed E-state index contributed by atoms with van der Waals surface area (Å²) in [6, 6.07) is 5.99. The highest BCUT2D eigenvalue weighted by Gasteiger charge is 2.16. The van der Waals surface area contributed by atoms with Gasteiger partial charge in [-0.2, -0.15) is 5.10 Å². The van der Waals surface area contributed by atoms with E-state index in [2.05, 4.69) is 20.7 Å². The van der Waals surface area contributed by atoms with Crippen LogP contribution in [0.1, 0.15) is 23.4 Å². The smallest absolute Gasteiger partial charge is 0.221 e. The highest BCUT2D eigenvalue weighted by atomic mass is 16.5. The fourth-order valence-corrected chi connectivity index (χ4v) is 2.75. The van der Waals surface area contributed by atoms with E-state index in [9.17, 15) is 4.79 Å². The van der Waals surface area contributed by atoms with Crippen molar-refractivity contribution in [1.82, 2.24) is 25.4 Å². The lowest BCUT2D eigenvalue weighted by Crippen LogP contribution is -2.44. The molecule has 2 aromatic rings. The van der Waals surface area contributed by atoms with Gasteiger partial charge in [-0.15, -0.1) is 0 Å². The Morgan fingerprint density at radius 3 is 2.96 bits per heavy atom. The van der Waals surface area contributed by atoms with Crippen LogP contribution >= 0.6 is 0 Å². The van der Waals surface area contributed by atoms with Crippen molar-refractivity contribution in [2.45, 2.75) is 32.9 Å². The van der Waals surface area contributed by atoms with Crippen LogP contribution in [0.5, 0.6) is 0 Å². The number of carbonyl (C=O) groups is 1. The van der Waals surface area contributed by atoms with Gasteiger partial charge >= 0.3 is 0 Å². The number of aromatic nitrogens is 3. The minimum atomic E-state index is 0.0145.